The predicted octanol–water partition coefficient (Wildman–Crippen LogP) is 7.67. The average molecular weight is 552 g/mol. The molecule has 2 N–H and O–H groups in total. The maximum absolute atomic E-state index is 10.9. The second-order valence-electron chi connectivity index (χ2n) is 10.0. The monoisotopic (exact) mass is 551 g/mol. The molecule has 0 fully saturated rings. The van der Waals surface area contributed by atoms with E-state index in [-0.39, 0.29) is 12.4 Å². The van der Waals surface area contributed by atoms with Crippen LogP contribution in [0.5, 0.6) is 11.5 Å². The van der Waals surface area contributed by atoms with Gasteiger partial charge in [0.1, 0.15) is 18.1 Å². The van der Waals surface area contributed by atoms with Gasteiger partial charge in [0, 0.05) is 17.2 Å². The number of hydrogen-bond donors (Lipinski definition) is 2. The molecule has 6 heteroatoms. The molecule has 5 aromatic carbocycles. The first-order valence-corrected chi connectivity index (χ1v) is 13.8. The summed E-state index contributed by atoms with van der Waals surface area (Å²) in [7, 11) is 0. The second-order valence-corrected chi connectivity index (χ2v) is 10.0. The summed E-state index contributed by atoms with van der Waals surface area (Å²) in [5, 5.41) is 20.5. The number of ether oxygens (including phenoxy) is 1. The third kappa shape index (κ3) is 6.04. The largest absolute Gasteiger partial charge is 0.507 e. The molecule has 206 valence electrons. The number of phenolic OH excluding ortho intramolecular Hbond substituents is 1. The minimum absolute atomic E-state index is 0.0277. The Balaban J connectivity index is 1.40. The summed E-state index contributed by atoms with van der Waals surface area (Å²) in [6.45, 7) is 1.76. The number of aromatic nitrogens is 3. The van der Waals surface area contributed by atoms with Crippen LogP contribution in [0.2, 0.25) is 0 Å². The van der Waals surface area contributed by atoms with Crippen molar-refractivity contribution in [2.24, 2.45) is 0 Å². The van der Waals surface area contributed by atoms with Crippen LogP contribution >= 0.6 is 0 Å². The number of phenols is 1. The molecule has 0 spiro atoms. The fraction of sp³-hybridized carbons (Fsp3) is 0.0833. The standard InChI is InChI=1S/C36H29N3O3/c1-24(40)23-42-31-20-21-32(33(41)22-31)36-38-34(29-16-12-27(13-17-29)25-8-4-2-5-9-25)37-35(39-36)30-18-14-28(15-19-30)26-10-6-3-7-11-26/h2-22,24,40-41H,23H2,1H3. The van der Waals surface area contributed by atoms with Gasteiger partial charge in [-0.1, -0.05) is 109 Å². The van der Waals surface area contributed by atoms with Crippen molar-refractivity contribution in [2.75, 3.05) is 6.61 Å². The van der Waals surface area contributed by atoms with Crippen molar-refractivity contribution in [3.8, 4) is 67.9 Å². The number of hydrogen-bond acceptors (Lipinski definition) is 6. The highest BCUT2D eigenvalue weighted by Crippen LogP contribution is 2.33. The molecule has 1 unspecified atom stereocenters. The highest BCUT2D eigenvalue weighted by Gasteiger charge is 2.16. The Morgan fingerprint density at radius 1 is 0.548 bits per heavy atom. The number of benzene rings is 5. The van der Waals surface area contributed by atoms with Gasteiger partial charge >= 0.3 is 0 Å². The summed E-state index contributed by atoms with van der Waals surface area (Å²) in [5.74, 6) is 1.75. The van der Waals surface area contributed by atoms with Gasteiger partial charge in [-0.2, -0.15) is 0 Å². The van der Waals surface area contributed by atoms with Gasteiger partial charge < -0.3 is 14.9 Å². The van der Waals surface area contributed by atoms with E-state index >= 15 is 0 Å². The Labute approximate surface area is 244 Å². The van der Waals surface area contributed by atoms with Crippen LogP contribution in [0.25, 0.3) is 56.4 Å². The molecule has 1 atom stereocenters. The van der Waals surface area contributed by atoms with E-state index in [2.05, 4.69) is 24.3 Å². The lowest BCUT2D eigenvalue weighted by molar-refractivity contribution is 0.122. The van der Waals surface area contributed by atoms with Gasteiger partial charge in [-0.15, -0.1) is 0 Å². The van der Waals surface area contributed by atoms with Crippen LogP contribution in [0, 0.1) is 0 Å². The van der Waals surface area contributed by atoms with Gasteiger partial charge in [-0.3, -0.25) is 0 Å². The lowest BCUT2D eigenvalue weighted by atomic mass is 10.0. The van der Waals surface area contributed by atoms with E-state index in [0.717, 1.165) is 33.4 Å². The number of aliphatic hydroxyl groups excluding tert-OH is 1. The van der Waals surface area contributed by atoms with Crippen LogP contribution in [0.15, 0.2) is 127 Å². The SMILES string of the molecule is CC(O)COc1ccc(-c2nc(-c3ccc(-c4ccccc4)cc3)nc(-c3ccc(-c4ccccc4)cc3)n2)c(O)c1. The van der Waals surface area contributed by atoms with Crippen molar-refractivity contribution < 1.29 is 14.9 Å². The van der Waals surface area contributed by atoms with Gasteiger partial charge in [0.25, 0.3) is 0 Å². The highest BCUT2D eigenvalue weighted by atomic mass is 16.5. The maximum Gasteiger partial charge on any atom is 0.167 e. The van der Waals surface area contributed by atoms with E-state index in [0.29, 0.717) is 28.8 Å². The maximum atomic E-state index is 10.9. The van der Waals surface area contributed by atoms with Gasteiger partial charge in [-0.05, 0) is 41.3 Å². The third-order valence-electron chi connectivity index (χ3n) is 6.84. The normalized spacial score (nSPS) is 11.7. The Hall–Kier alpha value is -5.33. The van der Waals surface area contributed by atoms with Crippen molar-refractivity contribution in [3.05, 3.63) is 127 Å². The fourth-order valence-electron chi connectivity index (χ4n) is 4.65. The van der Waals surface area contributed by atoms with E-state index < -0.39 is 6.10 Å². The number of aliphatic hydroxyl groups is 1. The van der Waals surface area contributed by atoms with E-state index in [1.807, 2.05) is 84.9 Å². The molecule has 0 aliphatic rings. The van der Waals surface area contributed by atoms with Crippen molar-refractivity contribution in [2.45, 2.75) is 13.0 Å². The lowest BCUT2D eigenvalue weighted by Gasteiger charge is -2.12. The quantitative estimate of drug-likeness (QED) is 0.202. The first-order chi connectivity index (χ1) is 20.5. The molecule has 42 heavy (non-hydrogen) atoms. The smallest absolute Gasteiger partial charge is 0.167 e. The minimum Gasteiger partial charge on any atom is -0.507 e. The molecule has 6 rings (SSSR count). The molecule has 0 aliphatic heterocycles. The highest BCUT2D eigenvalue weighted by molar-refractivity contribution is 5.73. The van der Waals surface area contributed by atoms with Crippen molar-refractivity contribution in [1.82, 2.24) is 15.0 Å². The summed E-state index contributed by atoms with van der Waals surface area (Å²) in [4.78, 5) is 14.4. The first kappa shape index (κ1) is 26.9. The Morgan fingerprint density at radius 3 is 1.43 bits per heavy atom. The fourth-order valence-corrected chi connectivity index (χ4v) is 4.65. The Kier molecular flexibility index (Phi) is 7.70. The zero-order valence-electron chi connectivity index (χ0n) is 23.1. The number of nitrogens with zero attached hydrogens (tertiary/aromatic N) is 3. The molecule has 1 aromatic heterocycles. The molecule has 0 bridgehead atoms. The summed E-state index contributed by atoms with van der Waals surface area (Å²) in [6, 6.07) is 41.5. The second kappa shape index (κ2) is 12.0. The topological polar surface area (TPSA) is 88.4 Å². The lowest BCUT2D eigenvalue weighted by Crippen LogP contribution is -2.12. The van der Waals surface area contributed by atoms with E-state index in [1.54, 1.807) is 19.1 Å². The summed E-state index contributed by atoms with van der Waals surface area (Å²) < 4.78 is 5.56. The van der Waals surface area contributed by atoms with Crippen molar-refractivity contribution >= 4 is 0 Å². The average Bonchev–Trinajstić information content (AvgIpc) is 3.04. The summed E-state index contributed by atoms with van der Waals surface area (Å²) in [6.07, 6.45) is -0.623. The molecular weight excluding hydrogens is 522 g/mol. The summed E-state index contributed by atoms with van der Waals surface area (Å²) in [5.41, 5.74) is 6.55. The Morgan fingerprint density at radius 2 is 0.976 bits per heavy atom. The zero-order valence-corrected chi connectivity index (χ0v) is 23.1. The molecular formula is C36H29N3O3. The zero-order chi connectivity index (χ0) is 28.9. The molecule has 0 radical (unpaired) electrons. The molecule has 6 nitrogen and oxygen atoms in total. The van der Waals surface area contributed by atoms with Crippen LogP contribution in [0.3, 0.4) is 0 Å². The third-order valence-corrected chi connectivity index (χ3v) is 6.84. The van der Waals surface area contributed by atoms with E-state index in [4.69, 9.17) is 19.7 Å². The van der Waals surface area contributed by atoms with Crippen molar-refractivity contribution in [3.63, 3.8) is 0 Å². The molecule has 0 saturated carbocycles. The van der Waals surface area contributed by atoms with Gasteiger partial charge in [0.2, 0.25) is 0 Å². The van der Waals surface area contributed by atoms with Crippen LogP contribution in [0.1, 0.15) is 6.92 Å². The number of aromatic hydroxyl groups is 1. The van der Waals surface area contributed by atoms with E-state index in [9.17, 15) is 10.2 Å². The van der Waals surface area contributed by atoms with Crippen LogP contribution in [-0.4, -0.2) is 37.9 Å². The van der Waals surface area contributed by atoms with Gasteiger partial charge in [-0.25, -0.2) is 15.0 Å². The Bertz CT molecular complexity index is 1690. The molecule has 1 heterocycles. The van der Waals surface area contributed by atoms with Crippen LogP contribution in [0.4, 0.5) is 0 Å². The molecule has 6 aromatic rings. The molecule has 0 aliphatic carbocycles. The van der Waals surface area contributed by atoms with Crippen LogP contribution < -0.4 is 4.74 Å². The van der Waals surface area contributed by atoms with E-state index in [1.165, 1.54) is 6.07 Å². The molecule has 0 saturated heterocycles. The van der Waals surface area contributed by atoms with Crippen molar-refractivity contribution in [1.29, 1.82) is 0 Å². The van der Waals surface area contributed by atoms with Gasteiger partial charge in [0.05, 0.1) is 11.7 Å². The number of rotatable bonds is 8. The minimum atomic E-state index is -0.623. The van der Waals surface area contributed by atoms with Gasteiger partial charge in [0.15, 0.2) is 17.5 Å². The van der Waals surface area contributed by atoms with Crippen LogP contribution in [-0.2, 0) is 0 Å². The molecule has 0 amide bonds. The first-order valence-electron chi connectivity index (χ1n) is 13.8. The summed E-state index contributed by atoms with van der Waals surface area (Å²) >= 11 is 0. The predicted molar refractivity (Wildman–Crippen MR) is 166 cm³/mol.